The van der Waals surface area contributed by atoms with Gasteiger partial charge in [0.2, 0.25) is 5.91 Å². The molecule has 8 nitrogen and oxygen atoms in total. The Morgan fingerprint density at radius 1 is 0.923 bits per heavy atom. The van der Waals surface area contributed by atoms with E-state index in [0.29, 0.717) is 42.5 Å². The van der Waals surface area contributed by atoms with Crippen LogP contribution in [0.3, 0.4) is 0 Å². The lowest BCUT2D eigenvalue weighted by Gasteiger charge is -2.43. The number of fused-ring (bicyclic) bond motifs is 1. The molecule has 1 aromatic heterocycles. The molecule has 52 heavy (non-hydrogen) atoms. The van der Waals surface area contributed by atoms with Crippen molar-refractivity contribution in [1.82, 2.24) is 19.9 Å². The summed E-state index contributed by atoms with van der Waals surface area (Å²) in [6.07, 6.45) is 4.20. The van der Waals surface area contributed by atoms with E-state index >= 15 is 0 Å². The van der Waals surface area contributed by atoms with E-state index in [0.717, 1.165) is 85.2 Å². The zero-order valence-corrected chi connectivity index (χ0v) is 31.4. The molecule has 0 bridgehead atoms. The van der Waals surface area contributed by atoms with E-state index in [1.165, 1.54) is 23.5 Å². The van der Waals surface area contributed by atoms with Gasteiger partial charge < -0.3 is 19.4 Å². The van der Waals surface area contributed by atoms with Crippen LogP contribution >= 0.6 is 0 Å². The number of likely N-dealkylation sites (tertiary alicyclic amines) is 2. The SMILES string of the molecule is CC(C)=C(CCN1CCC(c2noc3cc(F)ccc23)CC1)C(=O)N1CCCC(C)C1C(C)C.O=C(O)N(Cc1ccccc1)Cc1ccccc1. The molecule has 278 valence electrons. The van der Waals surface area contributed by atoms with Gasteiger partial charge in [-0.1, -0.05) is 92.2 Å². The number of carboxylic acid groups (broad SMARTS) is 1. The molecule has 2 fully saturated rings. The molecular weight excluding hydrogens is 655 g/mol. The first-order chi connectivity index (χ1) is 25.0. The molecule has 2 aliphatic heterocycles. The van der Waals surface area contributed by atoms with Crippen LogP contribution in [0.4, 0.5) is 9.18 Å². The van der Waals surface area contributed by atoms with Gasteiger partial charge in [0.25, 0.3) is 0 Å². The second-order valence-corrected chi connectivity index (χ2v) is 15.0. The highest BCUT2D eigenvalue weighted by Gasteiger charge is 2.35. The van der Waals surface area contributed by atoms with Gasteiger partial charge in [0, 0.05) is 55.2 Å². The normalized spacial score (nSPS) is 18.2. The van der Waals surface area contributed by atoms with Crippen LogP contribution in [-0.4, -0.2) is 69.2 Å². The number of allylic oxidation sites excluding steroid dienone is 1. The van der Waals surface area contributed by atoms with Gasteiger partial charge in [-0.2, -0.15) is 0 Å². The molecule has 2 unspecified atom stereocenters. The van der Waals surface area contributed by atoms with Crippen molar-refractivity contribution in [3.8, 4) is 0 Å². The zero-order valence-electron chi connectivity index (χ0n) is 31.4. The average molecular weight is 711 g/mol. The van der Waals surface area contributed by atoms with E-state index < -0.39 is 6.09 Å². The third kappa shape index (κ3) is 10.1. The number of hydrogen-bond acceptors (Lipinski definition) is 5. The molecule has 2 atom stereocenters. The van der Waals surface area contributed by atoms with Crippen molar-refractivity contribution in [2.24, 2.45) is 11.8 Å². The van der Waals surface area contributed by atoms with Crippen LogP contribution in [0.5, 0.6) is 0 Å². The van der Waals surface area contributed by atoms with Gasteiger partial charge in [0.1, 0.15) is 5.82 Å². The van der Waals surface area contributed by atoms with E-state index in [4.69, 9.17) is 4.52 Å². The van der Waals surface area contributed by atoms with Crippen molar-refractivity contribution < 1.29 is 23.6 Å². The first-order valence-corrected chi connectivity index (χ1v) is 18.8. The first-order valence-electron chi connectivity index (χ1n) is 18.8. The Bertz CT molecular complexity index is 1740. The van der Waals surface area contributed by atoms with Gasteiger partial charge in [-0.25, -0.2) is 9.18 Å². The number of benzene rings is 3. The predicted molar refractivity (Wildman–Crippen MR) is 204 cm³/mol. The minimum absolute atomic E-state index is 0.251. The molecule has 6 rings (SSSR count). The van der Waals surface area contributed by atoms with Crippen LogP contribution in [-0.2, 0) is 17.9 Å². The van der Waals surface area contributed by atoms with E-state index in [2.05, 4.69) is 49.6 Å². The smallest absolute Gasteiger partial charge is 0.407 e. The van der Waals surface area contributed by atoms with Crippen LogP contribution in [0, 0.1) is 17.7 Å². The van der Waals surface area contributed by atoms with E-state index in [9.17, 15) is 19.1 Å². The van der Waals surface area contributed by atoms with Crippen molar-refractivity contribution in [1.29, 1.82) is 0 Å². The molecule has 2 aliphatic rings. The minimum Gasteiger partial charge on any atom is -0.465 e. The Balaban J connectivity index is 0.000000244. The summed E-state index contributed by atoms with van der Waals surface area (Å²) in [5.41, 5.74) is 5.60. The van der Waals surface area contributed by atoms with E-state index in [1.807, 2.05) is 60.7 Å². The quantitative estimate of drug-likeness (QED) is 0.165. The molecular formula is C43H55FN4O4. The predicted octanol–water partition coefficient (Wildman–Crippen LogP) is 9.52. The van der Waals surface area contributed by atoms with Crippen molar-refractivity contribution >= 4 is 23.0 Å². The lowest BCUT2D eigenvalue weighted by atomic mass is 9.83. The minimum atomic E-state index is -0.900. The highest BCUT2D eigenvalue weighted by molar-refractivity contribution is 5.94. The fraction of sp³-hybridized carbons (Fsp3) is 0.465. The molecule has 2 saturated heterocycles. The van der Waals surface area contributed by atoms with Crippen molar-refractivity contribution in [2.45, 2.75) is 91.8 Å². The van der Waals surface area contributed by atoms with Crippen LogP contribution in [0.1, 0.15) is 89.5 Å². The molecule has 9 heteroatoms. The van der Waals surface area contributed by atoms with Gasteiger partial charge in [0.05, 0.1) is 5.69 Å². The second kappa shape index (κ2) is 18.3. The van der Waals surface area contributed by atoms with E-state index in [-0.39, 0.29) is 11.7 Å². The Morgan fingerprint density at radius 2 is 1.54 bits per heavy atom. The van der Waals surface area contributed by atoms with Gasteiger partial charge in [-0.05, 0) is 94.1 Å². The summed E-state index contributed by atoms with van der Waals surface area (Å²) < 4.78 is 18.9. The Kier molecular flexibility index (Phi) is 13.6. The maximum absolute atomic E-state index is 13.6. The molecule has 0 spiro atoms. The molecule has 3 heterocycles. The number of aromatic nitrogens is 1. The largest absolute Gasteiger partial charge is 0.465 e. The third-order valence-electron chi connectivity index (χ3n) is 10.6. The molecule has 1 N–H and O–H groups in total. The van der Waals surface area contributed by atoms with Gasteiger partial charge in [-0.3, -0.25) is 9.69 Å². The molecule has 2 amide bonds. The Morgan fingerprint density at radius 3 is 2.10 bits per heavy atom. The highest BCUT2D eigenvalue weighted by Crippen LogP contribution is 2.34. The van der Waals surface area contributed by atoms with Gasteiger partial charge >= 0.3 is 6.09 Å². The number of rotatable bonds is 10. The molecule has 0 radical (unpaired) electrons. The fourth-order valence-electron chi connectivity index (χ4n) is 7.93. The van der Waals surface area contributed by atoms with E-state index in [1.54, 1.807) is 6.07 Å². The highest BCUT2D eigenvalue weighted by atomic mass is 19.1. The monoisotopic (exact) mass is 710 g/mol. The van der Waals surface area contributed by atoms with Crippen molar-refractivity contribution in [2.75, 3.05) is 26.2 Å². The average Bonchev–Trinajstić information content (AvgIpc) is 3.55. The molecule has 0 saturated carbocycles. The number of carbonyl (C=O) groups excluding carboxylic acids is 1. The Labute approximate surface area is 308 Å². The summed E-state index contributed by atoms with van der Waals surface area (Å²) in [7, 11) is 0. The van der Waals surface area contributed by atoms with Crippen LogP contribution in [0.2, 0.25) is 0 Å². The lowest BCUT2D eigenvalue weighted by Crippen LogP contribution is -2.51. The summed E-state index contributed by atoms with van der Waals surface area (Å²) >= 11 is 0. The number of hydrogen-bond donors (Lipinski definition) is 1. The summed E-state index contributed by atoms with van der Waals surface area (Å²) in [5, 5.41) is 14.4. The number of nitrogens with zero attached hydrogens (tertiary/aromatic N) is 4. The number of halogens is 1. The zero-order chi connectivity index (χ0) is 37.2. The topological polar surface area (TPSA) is 90.1 Å². The first kappa shape index (κ1) is 38.7. The van der Waals surface area contributed by atoms with Crippen LogP contribution < -0.4 is 0 Å². The van der Waals surface area contributed by atoms with Gasteiger partial charge in [-0.15, -0.1) is 0 Å². The summed E-state index contributed by atoms with van der Waals surface area (Å²) in [4.78, 5) is 30.9. The third-order valence-corrected chi connectivity index (χ3v) is 10.6. The second-order valence-electron chi connectivity index (χ2n) is 15.0. The van der Waals surface area contributed by atoms with Crippen molar-refractivity contribution in [3.63, 3.8) is 0 Å². The number of amides is 2. The lowest BCUT2D eigenvalue weighted by molar-refractivity contribution is -0.133. The summed E-state index contributed by atoms with van der Waals surface area (Å²) in [5.74, 6) is 1.31. The maximum atomic E-state index is 13.6. The standard InChI is InChI=1S/C28H40FN3O2.C15H15NO2/c1-18(2)23(28(33)32-13-6-7-20(5)27(32)19(3)4)12-16-31-14-10-21(11-15-31)26-24-9-8-22(29)17-25(24)34-30-26;17-15(18)16(11-13-7-3-1-4-8-13)12-14-9-5-2-6-10-14/h8-9,17,19-21,27H,6-7,10-16H2,1-5H3;1-10H,11-12H2,(H,17,18). The number of piperidine rings is 2. The van der Waals surface area contributed by atoms with Crippen LogP contribution in [0.15, 0.2) is 94.5 Å². The maximum Gasteiger partial charge on any atom is 0.407 e. The fourth-order valence-corrected chi connectivity index (χ4v) is 7.93. The summed E-state index contributed by atoms with van der Waals surface area (Å²) in [6, 6.07) is 24.2. The molecule has 3 aromatic carbocycles. The van der Waals surface area contributed by atoms with Gasteiger partial charge in [0.15, 0.2) is 5.58 Å². The number of carbonyl (C=O) groups is 2. The Hall–Kier alpha value is -4.50. The summed E-state index contributed by atoms with van der Waals surface area (Å²) in [6.45, 7) is 15.5. The van der Waals surface area contributed by atoms with Crippen LogP contribution in [0.25, 0.3) is 11.0 Å². The van der Waals surface area contributed by atoms with Crippen molar-refractivity contribution in [3.05, 3.63) is 113 Å². The molecule has 4 aromatic rings. The molecule has 0 aliphatic carbocycles.